The average Bonchev–Trinajstić information content (AvgIpc) is 3.00. The molecule has 0 aliphatic heterocycles. The number of rotatable bonds is 28. The fraction of sp³-hybridized carbons (Fsp3) is 0.946. The first-order valence-corrected chi connectivity index (χ1v) is 18.7. The lowest BCUT2D eigenvalue weighted by Gasteiger charge is -2.39. The number of hydrogen-bond acceptors (Lipinski definition) is 2. The first kappa shape index (κ1) is 46.3. The number of carboxylic acid groups (broad SMARTS) is 2. The van der Waals surface area contributed by atoms with Crippen LogP contribution < -0.4 is 0 Å². The van der Waals surface area contributed by atoms with E-state index in [0.717, 1.165) is 0 Å². The second-order valence-corrected chi connectivity index (χ2v) is 12.9. The molecule has 6 nitrogen and oxygen atoms in total. The van der Waals surface area contributed by atoms with Crippen molar-refractivity contribution in [2.75, 3.05) is 52.4 Å². The standard InChI is InChI=1S/2C16H36N.C5H8O4/c2*1-5-9-13-17(14-10-6-2,15-11-7-3)16-12-8-4;6-4(7)2-1-3-5(8)9/h2*5-16H2,1-4H3;1-3H2,(H,6,7)(H,8,9)/q2*+1;. The summed E-state index contributed by atoms with van der Waals surface area (Å²) in [6, 6.07) is 0. The molecule has 0 amide bonds. The van der Waals surface area contributed by atoms with E-state index in [4.69, 9.17) is 10.2 Å². The quantitative estimate of drug-likeness (QED) is 0.0858. The minimum absolute atomic E-state index is 0.0632. The predicted molar refractivity (Wildman–Crippen MR) is 188 cm³/mol. The largest absolute Gasteiger partial charge is 0.481 e. The summed E-state index contributed by atoms with van der Waals surface area (Å²) in [5.41, 5.74) is 0. The highest BCUT2D eigenvalue weighted by Crippen LogP contribution is 2.17. The summed E-state index contributed by atoms with van der Waals surface area (Å²) in [5.74, 6) is -1.90. The molecule has 0 rings (SSSR count). The Morgan fingerprint density at radius 2 is 0.512 bits per heavy atom. The molecule has 0 atom stereocenters. The highest BCUT2D eigenvalue weighted by atomic mass is 16.4. The van der Waals surface area contributed by atoms with Crippen LogP contribution in [0.4, 0.5) is 0 Å². The minimum atomic E-state index is -0.948. The molecule has 43 heavy (non-hydrogen) atoms. The number of quaternary nitrogens is 2. The second kappa shape index (κ2) is 33.7. The van der Waals surface area contributed by atoms with E-state index in [-0.39, 0.29) is 19.3 Å². The topological polar surface area (TPSA) is 74.6 Å². The van der Waals surface area contributed by atoms with E-state index < -0.39 is 11.9 Å². The molecule has 0 heterocycles. The maximum atomic E-state index is 9.79. The lowest BCUT2D eigenvalue weighted by molar-refractivity contribution is -0.929. The summed E-state index contributed by atoms with van der Waals surface area (Å²) in [6.45, 7) is 30.0. The van der Waals surface area contributed by atoms with Crippen LogP contribution in [0.5, 0.6) is 0 Å². The number of carboxylic acids is 2. The van der Waals surface area contributed by atoms with Crippen molar-refractivity contribution in [1.29, 1.82) is 0 Å². The van der Waals surface area contributed by atoms with Gasteiger partial charge in [0.05, 0.1) is 52.4 Å². The van der Waals surface area contributed by atoms with Gasteiger partial charge in [-0.2, -0.15) is 0 Å². The molecule has 0 bridgehead atoms. The Morgan fingerprint density at radius 3 is 0.628 bits per heavy atom. The van der Waals surface area contributed by atoms with Crippen LogP contribution in [-0.4, -0.2) is 83.5 Å². The van der Waals surface area contributed by atoms with Gasteiger partial charge in [0, 0.05) is 12.8 Å². The fourth-order valence-corrected chi connectivity index (χ4v) is 5.68. The fourth-order valence-electron chi connectivity index (χ4n) is 5.68. The zero-order valence-electron chi connectivity index (χ0n) is 30.7. The van der Waals surface area contributed by atoms with Crippen LogP contribution in [0.2, 0.25) is 0 Å². The van der Waals surface area contributed by atoms with Gasteiger partial charge in [-0.25, -0.2) is 0 Å². The molecule has 0 aromatic heterocycles. The van der Waals surface area contributed by atoms with Gasteiger partial charge in [0.1, 0.15) is 0 Å². The molecular weight excluding hydrogens is 536 g/mol. The van der Waals surface area contributed by atoms with Gasteiger partial charge < -0.3 is 19.2 Å². The van der Waals surface area contributed by atoms with E-state index in [2.05, 4.69) is 55.4 Å². The maximum absolute atomic E-state index is 9.79. The monoisotopic (exact) mass is 617 g/mol. The van der Waals surface area contributed by atoms with Gasteiger partial charge >= 0.3 is 11.9 Å². The van der Waals surface area contributed by atoms with Crippen molar-refractivity contribution >= 4 is 11.9 Å². The zero-order valence-corrected chi connectivity index (χ0v) is 30.7. The Balaban J connectivity index is -0.000000586. The smallest absolute Gasteiger partial charge is 0.303 e. The molecule has 6 heteroatoms. The third-order valence-corrected chi connectivity index (χ3v) is 8.67. The Hall–Kier alpha value is -1.14. The number of nitrogens with zero attached hydrogens (tertiary/aromatic N) is 2. The van der Waals surface area contributed by atoms with Crippen LogP contribution in [0.3, 0.4) is 0 Å². The second-order valence-electron chi connectivity index (χ2n) is 12.9. The highest BCUT2D eigenvalue weighted by molar-refractivity contribution is 5.69. The Bertz CT molecular complexity index is 472. The van der Waals surface area contributed by atoms with Gasteiger partial charge in [-0.3, -0.25) is 9.59 Å². The van der Waals surface area contributed by atoms with Crippen LogP contribution in [0.25, 0.3) is 0 Å². The predicted octanol–water partition coefficient (Wildman–Crippen LogP) is 10.3. The Kier molecular flexibility index (Phi) is 36.3. The molecule has 2 N–H and O–H groups in total. The normalized spacial score (nSPS) is 11.3. The first-order valence-electron chi connectivity index (χ1n) is 18.7. The Morgan fingerprint density at radius 1 is 0.349 bits per heavy atom. The molecule has 0 spiro atoms. The van der Waals surface area contributed by atoms with Crippen LogP contribution in [-0.2, 0) is 9.59 Å². The maximum Gasteiger partial charge on any atom is 0.303 e. The van der Waals surface area contributed by atoms with Crippen molar-refractivity contribution < 1.29 is 28.8 Å². The third kappa shape index (κ3) is 30.7. The van der Waals surface area contributed by atoms with E-state index >= 15 is 0 Å². The molecule has 0 fully saturated rings. The molecule has 0 aromatic carbocycles. The molecule has 0 unspecified atom stereocenters. The number of carbonyl (C=O) groups is 2. The van der Waals surface area contributed by atoms with Crippen molar-refractivity contribution in [3.8, 4) is 0 Å². The molecule has 0 aliphatic rings. The van der Waals surface area contributed by atoms with Gasteiger partial charge in [0.25, 0.3) is 0 Å². The summed E-state index contributed by atoms with van der Waals surface area (Å²) in [6.07, 6.45) is 22.2. The van der Waals surface area contributed by atoms with Crippen LogP contribution in [0.1, 0.15) is 177 Å². The summed E-state index contributed by atoms with van der Waals surface area (Å²) in [7, 11) is 0. The molecule has 0 saturated heterocycles. The van der Waals surface area contributed by atoms with Crippen molar-refractivity contribution in [3.63, 3.8) is 0 Å². The summed E-state index contributed by atoms with van der Waals surface area (Å²) < 4.78 is 2.84. The van der Waals surface area contributed by atoms with Crippen LogP contribution in [0.15, 0.2) is 0 Å². The summed E-state index contributed by atoms with van der Waals surface area (Å²) in [5, 5.41) is 16.1. The minimum Gasteiger partial charge on any atom is -0.481 e. The summed E-state index contributed by atoms with van der Waals surface area (Å²) >= 11 is 0. The lowest BCUT2D eigenvalue weighted by Crippen LogP contribution is -2.50. The van der Waals surface area contributed by atoms with Crippen molar-refractivity contribution in [2.45, 2.75) is 177 Å². The van der Waals surface area contributed by atoms with E-state index in [1.165, 1.54) is 164 Å². The zero-order chi connectivity index (χ0) is 33.2. The Labute approximate surface area is 270 Å². The van der Waals surface area contributed by atoms with Gasteiger partial charge in [-0.05, 0) is 57.8 Å². The summed E-state index contributed by atoms with van der Waals surface area (Å²) in [4.78, 5) is 19.6. The molecule has 0 aliphatic carbocycles. The molecular formula is C37H80N2O4+2. The number of aliphatic carboxylic acids is 2. The number of hydrogen-bond donors (Lipinski definition) is 2. The van der Waals surface area contributed by atoms with Crippen molar-refractivity contribution in [2.24, 2.45) is 0 Å². The van der Waals surface area contributed by atoms with Crippen LogP contribution >= 0.6 is 0 Å². The third-order valence-electron chi connectivity index (χ3n) is 8.67. The molecule has 260 valence electrons. The highest BCUT2D eigenvalue weighted by Gasteiger charge is 2.25. The van der Waals surface area contributed by atoms with Gasteiger partial charge in [-0.15, -0.1) is 0 Å². The lowest BCUT2D eigenvalue weighted by atomic mass is 10.1. The SMILES string of the molecule is CCCC[N+](CCCC)(CCCC)CCCC.CCCC[N+](CCCC)(CCCC)CCCC.O=C(O)CCCC(=O)O. The average molecular weight is 617 g/mol. The molecule has 0 saturated carbocycles. The van der Waals surface area contributed by atoms with E-state index in [1.54, 1.807) is 0 Å². The van der Waals surface area contributed by atoms with E-state index in [1.807, 2.05) is 0 Å². The van der Waals surface area contributed by atoms with Gasteiger partial charge in [0.2, 0.25) is 0 Å². The van der Waals surface area contributed by atoms with Crippen molar-refractivity contribution in [3.05, 3.63) is 0 Å². The molecule has 0 radical (unpaired) electrons. The van der Waals surface area contributed by atoms with E-state index in [9.17, 15) is 9.59 Å². The van der Waals surface area contributed by atoms with Gasteiger partial charge in [-0.1, -0.05) is 107 Å². The first-order chi connectivity index (χ1) is 20.6. The van der Waals surface area contributed by atoms with Gasteiger partial charge in [0.15, 0.2) is 0 Å². The number of unbranched alkanes of at least 4 members (excludes halogenated alkanes) is 8. The van der Waals surface area contributed by atoms with Crippen molar-refractivity contribution in [1.82, 2.24) is 0 Å². The van der Waals surface area contributed by atoms with Crippen LogP contribution in [0, 0.1) is 0 Å². The molecule has 0 aromatic rings. The van der Waals surface area contributed by atoms with E-state index in [0.29, 0.717) is 0 Å².